The molecule has 0 saturated carbocycles. The third-order valence-electron chi connectivity index (χ3n) is 5.32. The van der Waals surface area contributed by atoms with Crippen LogP contribution in [-0.2, 0) is 11.2 Å². The van der Waals surface area contributed by atoms with Gasteiger partial charge < -0.3 is 18.7 Å². The van der Waals surface area contributed by atoms with E-state index in [9.17, 15) is 4.79 Å². The lowest BCUT2D eigenvalue weighted by Gasteiger charge is -2.33. The lowest BCUT2D eigenvalue weighted by Crippen LogP contribution is -2.36. The summed E-state index contributed by atoms with van der Waals surface area (Å²) in [5.41, 5.74) is 1.46. The van der Waals surface area contributed by atoms with Gasteiger partial charge in [0.15, 0.2) is 0 Å². The molecule has 3 aromatic rings. The molecule has 0 N–H and O–H groups in total. The highest BCUT2D eigenvalue weighted by molar-refractivity contribution is 6.30. The van der Waals surface area contributed by atoms with Gasteiger partial charge in [0.25, 0.3) is 0 Å². The van der Waals surface area contributed by atoms with E-state index in [1.54, 1.807) is 0 Å². The number of likely N-dealkylation sites (tertiary alicyclic amines) is 1. The predicted octanol–water partition coefficient (Wildman–Crippen LogP) is 3.86. The topological polar surface area (TPSA) is 73.4 Å². The van der Waals surface area contributed by atoms with Crippen molar-refractivity contribution in [2.24, 2.45) is 0 Å². The van der Waals surface area contributed by atoms with Gasteiger partial charge in [0.05, 0.1) is 7.11 Å². The molecule has 0 atom stereocenters. The molecule has 0 bridgehead atoms. The van der Waals surface area contributed by atoms with Crippen molar-refractivity contribution >= 4 is 17.6 Å². The first-order valence-electron chi connectivity index (χ1n) is 9.70. The molecule has 1 fully saturated rings. The first-order valence-corrected chi connectivity index (χ1v) is 10.1. The van der Waals surface area contributed by atoms with E-state index in [1.807, 2.05) is 47.2 Å². The highest BCUT2D eigenvalue weighted by Crippen LogP contribution is 2.25. The van der Waals surface area contributed by atoms with Crippen molar-refractivity contribution in [2.75, 3.05) is 26.7 Å². The van der Waals surface area contributed by atoms with Crippen molar-refractivity contribution in [3.63, 3.8) is 0 Å². The summed E-state index contributed by atoms with van der Waals surface area (Å²) in [6.07, 6.45) is 4.63. The Kier molecular flexibility index (Phi) is 5.97. The van der Waals surface area contributed by atoms with Gasteiger partial charge in [-0.2, -0.15) is 4.98 Å². The van der Waals surface area contributed by atoms with Crippen LogP contribution in [0.15, 0.2) is 47.1 Å². The molecule has 0 radical (unpaired) electrons. The van der Waals surface area contributed by atoms with Crippen LogP contribution in [0.3, 0.4) is 0 Å². The molecule has 0 aliphatic carbocycles. The number of carbonyl (C=O) groups is 1. The Balaban J connectivity index is 1.30. The third kappa shape index (κ3) is 4.52. The maximum atomic E-state index is 11.9. The Morgan fingerprint density at radius 1 is 1.28 bits per heavy atom. The number of ether oxygens (including phenoxy) is 1. The van der Waals surface area contributed by atoms with Crippen LogP contribution in [0.5, 0.6) is 0 Å². The normalized spacial score (nSPS) is 15.5. The van der Waals surface area contributed by atoms with Crippen LogP contribution in [0.1, 0.15) is 35.3 Å². The molecule has 1 aliphatic rings. The Hall–Kier alpha value is -2.64. The van der Waals surface area contributed by atoms with Crippen molar-refractivity contribution < 1.29 is 14.1 Å². The number of benzene rings is 1. The molecule has 0 amide bonds. The first kappa shape index (κ1) is 19.7. The lowest BCUT2D eigenvalue weighted by molar-refractivity contribution is 0.0582. The number of piperidine rings is 1. The SMILES string of the molecule is COC(=O)c1cccn1C1CCN(CCc2nc(-c3cccc(Cl)c3)no2)CC1. The minimum absolute atomic E-state index is 0.288. The van der Waals surface area contributed by atoms with Crippen molar-refractivity contribution in [2.45, 2.75) is 25.3 Å². The van der Waals surface area contributed by atoms with E-state index in [-0.39, 0.29) is 5.97 Å². The number of hydrogen-bond donors (Lipinski definition) is 0. The molecule has 0 unspecified atom stereocenters. The van der Waals surface area contributed by atoms with Gasteiger partial charge in [0.1, 0.15) is 5.69 Å². The van der Waals surface area contributed by atoms with E-state index >= 15 is 0 Å². The number of rotatable bonds is 6. The second-order valence-electron chi connectivity index (χ2n) is 7.14. The molecule has 8 heteroatoms. The molecule has 152 valence electrons. The predicted molar refractivity (Wildman–Crippen MR) is 109 cm³/mol. The summed E-state index contributed by atoms with van der Waals surface area (Å²) >= 11 is 6.03. The van der Waals surface area contributed by atoms with E-state index in [1.165, 1.54) is 7.11 Å². The number of aromatic nitrogens is 3. The van der Waals surface area contributed by atoms with Crippen LogP contribution < -0.4 is 0 Å². The summed E-state index contributed by atoms with van der Waals surface area (Å²) in [5.74, 6) is 0.897. The van der Waals surface area contributed by atoms with Crippen molar-refractivity contribution in [3.8, 4) is 11.4 Å². The molecule has 1 saturated heterocycles. The Bertz CT molecular complexity index is 976. The maximum Gasteiger partial charge on any atom is 0.354 e. The Morgan fingerprint density at radius 3 is 2.86 bits per heavy atom. The lowest BCUT2D eigenvalue weighted by atomic mass is 10.0. The van der Waals surface area contributed by atoms with Crippen molar-refractivity contribution in [1.29, 1.82) is 0 Å². The fraction of sp³-hybridized carbons (Fsp3) is 0.381. The number of methoxy groups -OCH3 is 1. The molecular weight excluding hydrogens is 392 g/mol. The zero-order valence-corrected chi connectivity index (χ0v) is 17.0. The van der Waals surface area contributed by atoms with Crippen LogP contribution in [0.2, 0.25) is 5.02 Å². The van der Waals surface area contributed by atoms with Crippen LogP contribution >= 0.6 is 11.6 Å². The molecule has 1 aromatic carbocycles. The standard InChI is InChI=1S/C21H23ClN4O3/c1-28-21(27)18-6-3-10-26(18)17-7-11-25(12-8-17)13-9-19-23-20(24-29-19)15-4-2-5-16(22)14-15/h2-6,10,14,17H,7-9,11-13H2,1H3. The van der Waals surface area contributed by atoms with Gasteiger partial charge in [0, 0.05) is 48.9 Å². The van der Waals surface area contributed by atoms with Gasteiger partial charge in [-0.05, 0) is 37.1 Å². The van der Waals surface area contributed by atoms with E-state index in [0.29, 0.717) is 34.9 Å². The third-order valence-corrected chi connectivity index (χ3v) is 5.55. The van der Waals surface area contributed by atoms with E-state index in [2.05, 4.69) is 15.0 Å². The Labute approximate surface area is 174 Å². The molecule has 0 spiro atoms. The van der Waals surface area contributed by atoms with Crippen LogP contribution in [-0.4, -0.2) is 52.3 Å². The second kappa shape index (κ2) is 8.80. The molecule has 7 nitrogen and oxygen atoms in total. The van der Waals surface area contributed by atoms with Crippen molar-refractivity contribution in [3.05, 3.63) is 59.2 Å². The minimum atomic E-state index is -0.288. The van der Waals surface area contributed by atoms with Gasteiger partial charge in [-0.25, -0.2) is 4.79 Å². The fourth-order valence-corrected chi connectivity index (χ4v) is 3.96. The van der Waals surface area contributed by atoms with E-state index in [4.69, 9.17) is 20.9 Å². The Morgan fingerprint density at radius 2 is 2.10 bits per heavy atom. The van der Waals surface area contributed by atoms with E-state index in [0.717, 1.165) is 38.0 Å². The maximum absolute atomic E-state index is 11.9. The zero-order chi connectivity index (χ0) is 20.2. The number of esters is 1. The average molecular weight is 415 g/mol. The summed E-state index contributed by atoms with van der Waals surface area (Å²) < 4.78 is 12.3. The van der Waals surface area contributed by atoms with Gasteiger partial charge >= 0.3 is 5.97 Å². The second-order valence-corrected chi connectivity index (χ2v) is 7.57. The number of nitrogens with zero attached hydrogens (tertiary/aromatic N) is 4. The van der Waals surface area contributed by atoms with Gasteiger partial charge in [-0.1, -0.05) is 28.9 Å². The minimum Gasteiger partial charge on any atom is -0.464 e. The number of halogens is 1. The van der Waals surface area contributed by atoms with Gasteiger partial charge in [-0.3, -0.25) is 0 Å². The average Bonchev–Trinajstić information content (AvgIpc) is 3.42. The highest BCUT2D eigenvalue weighted by atomic mass is 35.5. The first-order chi connectivity index (χ1) is 14.1. The zero-order valence-electron chi connectivity index (χ0n) is 16.3. The number of carbonyl (C=O) groups excluding carboxylic acids is 1. The molecule has 4 rings (SSSR count). The van der Waals surface area contributed by atoms with E-state index < -0.39 is 0 Å². The van der Waals surface area contributed by atoms with Crippen LogP contribution in [0, 0.1) is 0 Å². The van der Waals surface area contributed by atoms with Crippen LogP contribution in [0.4, 0.5) is 0 Å². The van der Waals surface area contributed by atoms with Crippen LogP contribution in [0.25, 0.3) is 11.4 Å². The molecule has 3 heterocycles. The van der Waals surface area contributed by atoms with Gasteiger partial charge in [-0.15, -0.1) is 0 Å². The molecule has 2 aromatic heterocycles. The summed E-state index contributed by atoms with van der Waals surface area (Å²) in [6.45, 7) is 2.77. The van der Waals surface area contributed by atoms with Gasteiger partial charge in [0.2, 0.25) is 11.7 Å². The van der Waals surface area contributed by atoms with Crippen molar-refractivity contribution in [1.82, 2.24) is 19.6 Å². The largest absolute Gasteiger partial charge is 0.464 e. The monoisotopic (exact) mass is 414 g/mol. The summed E-state index contributed by atoms with van der Waals surface area (Å²) in [6, 6.07) is 11.4. The molecule has 29 heavy (non-hydrogen) atoms. The smallest absolute Gasteiger partial charge is 0.354 e. The number of hydrogen-bond acceptors (Lipinski definition) is 6. The highest BCUT2D eigenvalue weighted by Gasteiger charge is 2.24. The fourth-order valence-electron chi connectivity index (χ4n) is 3.77. The molecular formula is C21H23ClN4O3. The summed E-state index contributed by atoms with van der Waals surface area (Å²) in [4.78, 5) is 18.8. The summed E-state index contributed by atoms with van der Waals surface area (Å²) in [7, 11) is 1.41. The summed E-state index contributed by atoms with van der Waals surface area (Å²) in [5, 5.41) is 4.71. The quantitative estimate of drug-likeness (QED) is 0.570. The molecule has 1 aliphatic heterocycles.